The first-order valence-corrected chi connectivity index (χ1v) is 9.65. The monoisotopic (exact) mass is 355 g/mol. The lowest BCUT2D eigenvalue weighted by Crippen LogP contribution is -2.34. The number of hydrogen-bond donors (Lipinski definition) is 1. The van der Waals surface area contributed by atoms with Crippen LogP contribution in [0.2, 0.25) is 0 Å². The molecule has 0 bridgehead atoms. The normalized spacial score (nSPS) is 17.2. The Morgan fingerprint density at radius 3 is 2.73 bits per heavy atom. The quantitative estimate of drug-likeness (QED) is 0.823. The molecule has 0 aliphatic carbocycles. The first-order chi connectivity index (χ1) is 12.6. The van der Waals surface area contributed by atoms with Crippen LogP contribution < -0.4 is 5.32 Å². The van der Waals surface area contributed by atoms with Crippen LogP contribution in [0.25, 0.3) is 0 Å². The number of benzene rings is 1. The van der Waals surface area contributed by atoms with Crippen molar-refractivity contribution >= 4 is 5.91 Å². The number of nitrogens with one attached hydrogen (secondary N) is 1. The summed E-state index contributed by atoms with van der Waals surface area (Å²) in [5.41, 5.74) is 1.80. The van der Waals surface area contributed by atoms with Gasteiger partial charge in [0.15, 0.2) is 5.69 Å². The minimum Gasteiger partial charge on any atom is -0.447 e. The molecule has 1 fully saturated rings. The molecule has 0 radical (unpaired) electrons. The number of likely N-dealkylation sites (tertiary alicyclic amines) is 1. The van der Waals surface area contributed by atoms with Gasteiger partial charge in [-0.1, -0.05) is 37.3 Å². The van der Waals surface area contributed by atoms with E-state index in [-0.39, 0.29) is 11.9 Å². The number of aromatic nitrogens is 1. The smallest absolute Gasteiger partial charge is 0.273 e. The fourth-order valence-electron chi connectivity index (χ4n) is 3.37. The average molecular weight is 355 g/mol. The zero-order chi connectivity index (χ0) is 18.4. The molecule has 1 saturated heterocycles. The molecule has 1 aromatic carbocycles. The predicted molar refractivity (Wildman–Crippen MR) is 102 cm³/mol. The van der Waals surface area contributed by atoms with Crippen LogP contribution in [-0.2, 0) is 13.0 Å². The molecule has 1 unspecified atom stereocenters. The van der Waals surface area contributed by atoms with Crippen molar-refractivity contribution in [2.45, 2.75) is 52.1 Å². The van der Waals surface area contributed by atoms with Gasteiger partial charge in [0, 0.05) is 6.04 Å². The number of rotatable bonds is 7. The van der Waals surface area contributed by atoms with Crippen LogP contribution in [0.15, 0.2) is 41.0 Å². The van der Waals surface area contributed by atoms with Gasteiger partial charge in [0.1, 0.15) is 6.26 Å². The molecule has 1 aliphatic heterocycles. The van der Waals surface area contributed by atoms with E-state index in [0.29, 0.717) is 18.1 Å². The number of nitrogens with zero attached hydrogens (tertiary/aromatic N) is 2. The second-order valence-corrected chi connectivity index (χ2v) is 7.32. The molecule has 2 aromatic rings. The fourth-order valence-corrected chi connectivity index (χ4v) is 3.37. The molecule has 2 heterocycles. The summed E-state index contributed by atoms with van der Waals surface area (Å²) in [6.07, 6.45) is 5.91. The van der Waals surface area contributed by atoms with E-state index in [0.717, 1.165) is 31.8 Å². The van der Waals surface area contributed by atoms with E-state index < -0.39 is 0 Å². The maximum Gasteiger partial charge on any atom is 0.273 e. The Bertz CT molecular complexity index is 690. The molecule has 5 heteroatoms. The fraction of sp³-hybridized carbons (Fsp3) is 0.524. The molecular weight excluding hydrogens is 326 g/mol. The van der Waals surface area contributed by atoms with Gasteiger partial charge in [0.2, 0.25) is 5.89 Å². The highest BCUT2D eigenvalue weighted by atomic mass is 16.3. The van der Waals surface area contributed by atoms with Crippen molar-refractivity contribution in [1.29, 1.82) is 0 Å². The molecule has 0 saturated carbocycles. The van der Waals surface area contributed by atoms with E-state index in [1.54, 1.807) is 0 Å². The molecular formula is C21H29N3O2. The first kappa shape index (κ1) is 18.6. The molecule has 5 nitrogen and oxygen atoms in total. The second kappa shape index (κ2) is 8.99. The number of hydrogen-bond acceptors (Lipinski definition) is 4. The van der Waals surface area contributed by atoms with Gasteiger partial charge >= 0.3 is 0 Å². The van der Waals surface area contributed by atoms with Gasteiger partial charge in [-0.05, 0) is 57.2 Å². The van der Waals surface area contributed by atoms with Crippen LogP contribution in [0.4, 0.5) is 0 Å². The largest absolute Gasteiger partial charge is 0.447 e. The van der Waals surface area contributed by atoms with Crippen LogP contribution in [-0.4, -0.2) is 34.9 Å². The van der Waals surface area contributed by atoms with Crippen LogP contribution in [0, 0.1) is 5.92 Å². The van der Waals surface area contributed by atoms with Crippen LogP contribution in [0.5, 0.6) is 0 Å². The Hall–Kier alpha value is -2.14. The maximum atomic E-state index is 12.1. The van der Waals surface area contributed by atoms with E-state index in [4.69, 9.17) is 4.42 Å². The summed E-state index contributed by atoms with van der Waals surface area (Å²) < 4.78 is 5.51. The summed E-state index contributed by atoms with van der Waals surface area (Å²) in [5, 5.41) is 2.92. The van der Waals surface area contributed by atoms with E-state index in [2.05, 4.69) is 45.5 Å². The summed E-state index contributed by atoms with van der Waals surface area (Å²) >= 11 is 0. The van der Waals surface area contributed by atoms with Gasteiger partial charge in [-0.15, -0.1) is 0 Å². The number of carbonyl (C=O) groups is 1. The summed E-state index contributed by atoms with van der Waals surface area (Å²) in [4.78, 5) is 18.8. The molecule has 140 valence electrons. The summed E-state index contributed by atoms with van der Waals surface area (Å²) in [7, 11) is 0. The molecule has 1 aromatic heterocycles. The standard InChI is InChI=1S/C21H29N3O2/c1-3-16(2)22-21(25)19-15-26-20(23-19)14-24-11-9-18(10-12-24)13-17-7-5-4-6-8-17/h4-8,15-16,18H,3,9-14H2,1-2H3,(H,22,25). The van der Waals surface area contributed by atoms with E-state index >= 15 is 0 Å². The van der Waals surface area contributed by atoms with E-state index in [9.17, 15) is 4.79 Å². The molecule has 26 heavy (non-hydrogen) atoms. The van der Waals surface area contributed by atoms with E-state index in [1.807, 2.05) is 13.8 Å². The predicted octanol–water partition coefficient (Wildman–Crippen LogP) is 3.66. The molecule has 1 atom stereocenters. The Morgan fingerprint density at radius 1 is 1.31 bits per heavy atom. The molecule has 1 amide bonds. The second-order valence-electron chi connectivity index (χ2n) is 7.32. The Kier molecular flexibility index (Phi) is 6.45. The van der Waals surface area contributed by atoms with Gasteiger partial charge in [-0.25, -0.2) is 4.98 Å². The lowest BCUT2D eigenvalue weighted by Gasteiger charge is -2.31. The highest BCUT2D eigenvalue weighted by Crippen LogP contribution is 2.22. The summed E-state index contributed by atoms with van der Waals surface area (Å²) in [5.74, 6) is 1.21. The van der Waals surface area contributed by atoms with Crippen molar-refractivity contribution in [2.24, 2.45) is 5.92 Å². The topological polar surface area (TPSA) is 58.4 Å². The van der Waals surface area contributed by atoms with Gasteiger partial charge in [0.25, 0.3) is 5.91 Å². The molecule has 3 rings (SSSR count). The molecule has 0 spiro atoms. The number of piperidine rings is 1. The molecule has 1 aliphatic rings. The lowest BCUT2D eigenvalue weighted by atomic mass is 9.90. The van der Waals surface area contributed by atoms with Crippen molar-refractivity contribution < 1.29 is 9.21 Å². The van der Waals surface area contributed by atoms with Gasteiger partial charge < -0.3 is 9.73 Å². The zero-order valence-corrected chi connectivity index (χ0v) is 15.8. The molecule has 1 N–H and O–H groups in total. The Morgan fingerprint density at radius 2 is 2.04 bits per heavy atom. The van der Waals surface area contributed by atoms with Crippen molar-refractivity contribution in [3.8, 4) is 0 Å². The minimum atomic E-state index is -0.157. The van der Waals surface area contributed by atoms with E-state index in [1.165, 1.54) is 24.7 Å². The average Bonchev–Trinajstić information content (AvgIpc) is 3.13. The van der Waals surface area contributed by atoms with Crippen LogP contribution in [0.1, 0.15) is 55.1 Å². The SMILES string of the molecule is CCC(C)NC(=O)c1coc(CN2CCC(Cc3ccccc3)CC2)n1. The summed E-state index contributed by atoms with van der Waals surface area (Å²) in [6, 6.07) is 10.9. The number of amides is 1. The van der Waals surface area contributed by atoms with Crippen LogP contribution in [0.3, 0.4) is 0 Å². The van der Waals surface area contributed by atoms with Crippen molar-refractivity contribution in [3.05, 3.63) is 53.7 Å². The van der Waals surface area contributed by atoms with Gasteiger partial charge in [0.05, 0.1) is 6.54 Å². The Balaban J connectivity index is 1.45. The minimum absolute atomic E-state index is 0.145. The van der Waals surface area contributed by atoms with Gasteiger partial charge in [-0.3, -0.25) is 9.69 Å². The van der Waals surface area contributed by atoms with Crippen molar-refractivity contribution in [3.63, 3.8) is 0 Å². The Labute approximate surface area is 155 Å². The zero-order valence-electron chi connectivity index (χ0n) is 15.8. The van der Waals surface area contributed by atoms with Gasteiger partial charge in [-0.2, -0.15) is 0 Å². The van der Waals surface area contributed by atoms with Crippen molar-refractivity contribution in [1.82, 2.24) is 15.2 Å². The third kappa shape index (κ3) is 5.18. The third-order valence-corrected chi connectivity index (χ3v) is 5.21. The highest BCUT2D eigenvalue weighted by molar-refractivity contribution is 5.92. The highest BCUT2D eigenvalue weighted by Gasteiger charge is 2.21. The van der Waals surface area contributed by atoms with Crippen LogP contribution >= 0.6 is 0 Å². The number of oxazole rings is 1. The summed E-state index contributed by atoms with van der Waals surface area (Å²) in [6.45, 7) is 6.80. The lowest BCUT2D eigenvalue weighted by molar-refractivity contribution is 0.0934. The van der Waals surface area contributed by atoms with Crippen molar-refractivity contribution in [2.75, 3.05) is 13.1 Å². The number of carbonyl (C=O) groups excluding carboxylic acids is 1. The maximum absolute atomic E-state index is 12.1. The first-order valence-electron chi connectivity index (χ1n) is 9.65. The third-order valence-electron chi connectivity index (χ3n) is 5.21.